The molecule has 1 saturated carbocycles. The summed E-state index contributed by atoms with van der Waals surface area (Å²) in [5.74, 6) is 0.422. The van der Waals surface area contributed by atoms with E-state index in [2.05, 4.69) is 12.2 Å². The van der Waals surface area contributed by atoms with Gasteiger partial charge < -0.3 is 5.32 Å². The highest BCUT2D eigenvalue weighted by Crippen LogP contribution is 2.37. The number of fused-ring (bicyclic) bond motifs is 1. The number of thiocarbonyl (C=S) groups is 1. The third-order valence-electron chi connectivity index (χ3n) is 5.67. The Kier molecular flexibility index (Phi) is 6.24. The first-order chi connectivity index (χ1) is 14.5. The smallest absolute Gasteiger partial charge is 0.267 e. The van der Waals surface area contributed by atoms with Gasteiger partial charge in [0.1, 0.15) is 15.8 Å². The number of hydrogen-bond acceptors (Lipinski definition) is 6. The van der Waals surface area contributed by atoms with E-state index >= 15 is 0 Å². The quantitative estimate of drug-likeness (QED) is 0.548. The number of nitrogens with zero attached hydrogens (tertiary/aromatic N) is 3. The molecule has 6 nitrogen and oxygen atoms in total. The molecule has 0 bridgehead atoms. The number of nitrogens with one attached hydrogen (secondary N) is 1. The molecule has 2 aromatic heterocycles. The summed E-state index contributed by atoms with van der Waals surface area (Å²) in [5, 5.41) is 3.26. The van der Waals surface area contributed by atoms with E-state index in [0.717, 1.165) is 37.7 Å². The van der Waals surface area contributed by atoms with Crippen LogP contribution in [0, 0.1) is 6.92 Å². The van der Waals surface area contributed by atoms with Gasteiger partial charge in [-0.2, -0.15) is 0 Å². The Morgan fingerprint density at radius 1 is 1.30 bits per heavy atom. The molecule has 0 atom stereocenters. The van der Waals surface area contributed by atoms with E-state index in [1.165, 1.54) is 18.2 Å². The minimum atomic E-state index is -0.190. The zero-order valence-electron chi connectivity index (χ0n) is 17.3. The molecule has 1 saturated heterocycles. The van der Waals surface area contributed by atoms with Crippen LogP contribution in [0.3, 0.4) is 0 Å². The first-order valence-corrected chi connectivity index (χ1v) is 11.8. The van der Waals surface area contributed by atoms with E-state index in [-0.39, 0.29) is 17.5 Å². The number of carbonyl (C=O) groups is 1. The van der Waals surface area contributed by atoms with E-state index in [0.29, 0.717) is 32.8 Å². The lowest BCUT2D eigenvalue weighted by molar-refractivity contribution is -0.124. The molecule has 8 heteroatoms. The van der Waals surface area contributed by atoms with Crippen molar-refractivity contribution < 1.29 is 4.79 Å². The highest BCUT2D eigenvalue weighted by atomic mass is 32.2. The number of aromatic nitrogens is 2. The fraction of sp³-hybridized carbons (Fsp3) is 0.455. The van der Waals surface area contributed by atoms with Gasteiger partial charge in [-0.3, -0.25) is 18.9 Å². The molecular weight excluding hydrogens is 416 g/mol. The van der Waals surface area contributed by atoms with Gasteiger partial charge in [0, 0.05) is 18.8 Å². The third-order valence-corrected chi connectivity index (χ3v) is 7.00. The number of amides is 1. The van der Waals surface area contributed by atoms with Crippen molar-refractivity contribution >= 4 is 51.7 Å². The Morgan fingerprint density at radius 3 is 2.80 bits per heavy atom. The van der Waals surface area contributed by atoms with Crippen molar-refractivity contribution in [2.24, 2.45) is 0 Å². The second-order valence-corrected chi connectivity index (χ2v) is 9.51. The maximum Gasteiger partial charge on any atom is 0.267 e. The van der Waals surface area contributed by atoms with Gasteiger partial charge in [0.15, 0.2) is 0 Å². The zero-order valence-corrected chi connectivity index (χ0v) is 18.9. The molecule has 4 rings (SSSR count). The first kappa shape index (κ1) is 21.1. The number of aryl methyl sites for hydroxylation is 1. The van der Waals surface area contributed by atoms with Crippen LogP contribution in [-0.4, -0.2) is 37.1 Å². The maximum absolute atomic E-state index is 13.3. The molecule has 2 aliphatic rings. The van der Waals surface area contributed by atoms with Crippen LogP contribution in [0.15, 0.2) is 28.0 Å². The molecule has 1 amide bonds. The van der Waals surface area contributed by atoms with Crippen molar-refractivity contribution in [3.63, 3.8) is 0 Å². The summed E-state index contributed by atoms with van der Waals surface area (Å²) in [6, 6.07) is 3.94. The fourth-order valence-corrected chi connectivity index (χ4v) is 5.47. The molecule has 2 fully saturated rings. The number of carbonyl (C=O) groups excluding carboxylic acids is 1. The van der Waals surface area contributed by atoms with Crippen molar-refractivity contribution in [1.29, 1.82) is 0 Å². The van der Waals surface area contributed by atoms with E-state index in [4.69, 9.17) is 17.2 Å². The lowest BCUT2D eigenvalue weighted by Crippen LogP contribution is -2.39. The van der Waals surface area contributed by atoms with Gasteiger partial charge >= 0.3 is 0 Å². The lowest BCUT2D eigenvalue weighted by atomic mass is 9.94. The van der Waals surface area contributed by atoms with Gasteiger partial charge in [-0.05, 0) is 43.9 Å². The zero-order chi connectivity index (χ0) is 21.3. The Labute approximate surface area is 185 Å². The number of rotatable bonds is 5. The van der Waals surface area contributed by atoms with E-state index < -0.39 is 0 Å². The monoisotopic (exact) mass is 442 g/mol. The molecule has 158 valence electrons. The van der Waals surface area contributed by atoms with Crippen molar-refractivity contribution in [2.75, 3.05) is 11.9 Å². The van der Waals surface area contributed by atoms with Crippen LogP contribution < -0.4 is 10.9 Å². The predicted molar refractivity (Wildman–Crippen MR) is 127 cm³/mol. The van der Waals surface area contributed by atoms with Crippen molar-refractivity contribution in [1.82, 2.24) is 14.3 Å². The van der Waals surface area contributed by atoms with Crippen LogP contribution in [0.25, 0.3) is 11.7 Å². The summed E-state index contributed by atoms with van der Waals surface area (Å²) >= 11 is 6.82. The summed E-state index contributed by atoms with van der Waals surface area (Å²) in [4.78, 5) is 33.4. The van der Waals surface area contributed by atoms with Gasteiger partial charge in [-0.1, -0.05) is 56.2 Å². The molecule has 30 heavy (non-hydrogen) atoms. The molecule has 0 aromatic carbocycles. The van der Waals surface area contributed by atoms with Gasteiger partial charge in [0.05, 0.1) is 10.5 Å². The standard InChI is InChI=1S/C22H26N4O2S2/c1-3-11-23-18-16(20(27)25-12-7-8-14(2)19(25)24-18)13-17-21(28)26(22(29)30-17)15-9-5-4-6-10-15/h7-8,12-13,15,23H,3-6,9-11H2,1-2H3/b17-13+. The fourth-order valence-electron chi connectivity index (χ4n) is 4.08. The van der Waals surface area contributed by atoms with E-state index in [1.807, 2.05) is 19.1 Å². The average Bonchev–Trinajstić information content (AvgIpc) is 3.03. The van der Waals surface area contributed by atoms with Crippen LogP contribution in [0.5, 0.6) is 0 Å². The largest absolute Gasteiger partial charge is 0.369 e. The van der Waals surface area contributed by atoms with E-state index in [1.54, 1.807) is 21.6 Å². The van der Waals surface area contributed by atoms with Gasteiger partial charge in [-0.25, -0.2) is 4.98 Å². The molecule has 0 radical (unpaired) electrons. The summed E-state index contributed by atoms with van der Waals surface area (Å²) < 4.78 is 2.13. The Hall–Kier alpha value is -2.19. The van der Waals surface area contributed by atoms with Gasteiger partial charge in [0.25, 0.3) is 11.5 Å². The number of pyridine rings is 1. The first-order valence-electron chi connectivity index (χ1n) is 10.5. The molecule has 1 aliphatic heterocycles. The second-order valence-electron chi connectivity index (χ2n) is 7.83. The molecule has 0 unspecified atom stereocenters. The Balaban J connectivity index is 1.77. The van der Waals surface area contributed by atoms with Gasteiger partial charge in [0.2, 0.25) is 0 Å². The molecule has 2 aromatic rings. The Bertz CT molecular complexity index is 1090. The normalized spacial score (nSPS) is 19.3. The minimum Gasteiger partial charge on any atom is -0.369 e. The van der Waals surface area contributed by atoms with E-state index in [9.17, 15) is 9.59 Å². The third kappa shape index (κ3) is 3.90. The Morgan fingerprint density at radius 2 is 2.07 bits per heavy atom. The average molecular weight is 443 g/mol. The van der Waals surface area contributed by atoms with Crippen LogP contribution in [0.1, 0.15) is 56.6 Å². The van der Waals surface area contributed by atoms with Crippen molar-refractivity contribution in [3.8, 4) is 0 Å². The summed E-state index contributed by atoms with van der Waals surface area (Å²) in [7, 11) is 0. The van der Waals surface area contributed by atoms with Crippen LogP contribution in [-0.2, 0) is 4.79 Å². The van der Waals surface area contributed by atoms with Crippen LogP contribution in [0.4, 0.5) is 5.82 Å². The summed E-state index contributed by atoms with van der Waals surface area (Å²) in [5.41, 5.74) is 1.75. The van der Waals surface area contributed by atoms with Crippen LogP contribution in [0.2, 0.25) is 0 Å². The van der Waals surface area contributed by atoms with Crippen molar-refractivity contribution in [3.05, 3.63) is 44.7 Å². The predicted octanol–water partition coefficient (Wildman–Crippen LogP) is 4.36. The summed E-state index contributed by atoms with van der Waals surface area (Å²) in [6.45, 7) is 4.68. The molecule has 3 heterocycles. The topological polar surface area (TPSA) is 66.7 Å². The van der Waals surface area contributed by atoms with Gasteiger partial charge in [-0.15, -0.1) is 0 Å². The summed E-state index contributed by atoms with van der Waals surface area (Å²) in [6.07, 6.45) is 9.73. The molecule has 0 spiro atoms. The lowest BCUT2D eigenvalue weighted by Gasteiger charge is -2.29. The highest BCUT2D eigenvalue weighted by Gasteiger charge is 2.37. The maximum atomic E-state index is 13.3. The SMILES string of the molecule is CCCNc1nc2c(C)cccn2c(=O)c1/C=C1/SC(=S)N(C2CCCCC2)C1=O. The molecular formula is C22H26N4O2S2. The minimum absolute atomic E-state index is 0.0907. The second kappa shape index (κ2) is 8.89. The van der Waals surface area contributed by atoms with Crippen LogP contribution >= 0.6 is 24.0 Å². The number of anilines is 1. The van der Waals surface area contributed by atoms with Crippen molar-refractivity contribution in [2.45, 2.75) is 58.4 Å². The molecule has 1 N–H and O–H groups in total. The number of thioether (sulfide) groups is 1. The highest BCUT2D eigenvalue weighted by molar-refractivity contribution is 8.26. The molecule has 1 aliphatic carbocycles. The number of hydrogen-bond donors (Lipinski definition) is 1.